The predicted molar refractivity (Wildman–Crippen MR) is 153 cm³/mol. The number of benzene rings is 2. The first kappa shape index (κ1) is 25.4. The van der Waals surface area contributed by atoms with Crippen molar-refractivity contribution in [2.75, 3.05) is 36.0 Å². The SMILES string of the molecule is CCCCN(Cc1cncn1Cc1ccc(C#N)cc1)c1ccc2sc(C(=O)N3CCSCC3)cc2c1. The average molecular weight is 530 g/mol. The van der Waals surface area contributed by atoms with Gasteiger partial charge >= 0.3 is 0 Å². The molecule has 3 heterocycles. The van der Waals surface area contributed by atoms with Crippen LogP contribution in [0.25, 0.3) is 10.1 Å². The fraction of sp³-hybridized carbons (Fsp3) is 0.345. The van der Waals surface area contributed by atoms with E-state index in [4.69, 9.17) is 5.26 Å². The summed E-state index contributed by atoms with van der Waals surface area (Å²) in [5.41, 5.74) is 4.12. The number of hydrogen-bond donors (Lipinski definition) is 0. The Morgan fingerprint density at radius 2 is 1.95 bits per heavy atom. The van der Waals surface area contributed by atoms with Crippen LogP contribution in [0, 0.1) is 11.3 Å². The smallest absolute Gasteiger partial charge is 0.264 e. The molecule has 5 rings (SSSR count). The molecule has 2 aromatic heterocycles. The Balaban J connectivity index is 1.36. The van der Waals surface area contributed by atoms with Crippen molar-refractivity contribution >= 4 is 44.8 Å². The molecule has 1 aliphatic rings. The maximum atomic E-state index is 13.1. The first-order valence-corrected chi connectivity index (χ1v) is 14.8. The lowest BCUT2D eigenvalue weighted by Gasteiger charge is -2.25. The highest BCUT2D eigenvalue weighted by molar-refractivity contribution is 7.99. The van der Waals surface area contributed by atoms with Crippen molar-refractivity contribution in [3.05, 3.63) is 82.8 Å². The quantitative estimate of drug-likeness (QED) is 0.266. The van der Waals surface area contributed by atoms with E-state index in [1.54, 1.807) is 11.3 Å². The van der Waals surface area contributed by atoms with Crippen LogP contribution in [-0.2, 0) is 13.1 Å². The summed E-state index contributed by atoms with van der Waals surface area (Å²) in [5, 5.41) is 10.2. The fourth-order valence-corrected chi connectivity index (χ4v) is 6.52. The number of carbonyl (C=O) groups is 1. The van der Waals surface area contributed by atoms with Gasteiger partial charge in [0.05, 0.1) is 35.1 Å². The second kappa shape index (κ2) is 11.8. The van der Waals surface area contributed by atoms with E-state index in [2.05, 4.69) is 51.7 Å². The molecule has 1 saturated heterocycles. The number of thiophene rings is 1. The Hall–Kier alpha value is -3.28. The van der Waals surface area contributed by atoms with Crippen molar-refractivity contribution in [1.82, 2.24) is 14.5 Å². The van der Waals surface area contributed by atoms with Crippen LogP contribution < -0.4 is 4.90 Å². The van der Waals surface area contributed by atoms with E-state index in [0.29, 0.717) is 12.1 Å². The number of carbonyl (C=O) groups excluding carboxylic acids is 1. The van der Waals surface area contributed by atoms with Crippen molar-refractivity contribution in [1.29, 1.82) is 5.26 Å². The first-order chi connectivity index (χ1) is 18.1. The molecule has 0 spiro atoms. The number of fused-ring (bicyclic) bond motifs is 1. The van der Waals surface area contributed by atoms with E-state index in [9.17, 15) is 4.79 Å². The molecular formula is C29H31N5OS2. The van der Waals surface area contributed by atoms with Crippen molar-refractivity contribution in [3.63, 3.8) is 0 Å². The number of rotatable bonds is 9. The molecule has 4 aromatic rings. The minimum Gasteiger partial charge on any atom is -0.366 e. The standard InChI is InChI=1S/C29H31N5OS2/c1-2-3-10-33(20-26-18-31-21-34(26)19-23-6-4-22(17-30)5-7-23)25-8-9-27-24(15-25)16-28(37-27)29(35)32-11-13-36-14-12-32/h4-9,15-16,18,21H,2-3,10-14,19-20H2,1H3. The molecule has 6 nitrogen and oxygen atoms in total. The monoisotopic (exact) mass is 529 g/mol. The van der Waals surface area contributed by atoms with Gasteiger partial charge in [0.25, 0.3) is 5.91 Å². The van der Waals surface area contributed by atoms with Crippen LogP contribution in [0.3, 0.4) is 0 Å². The molecule has 0 bridgehead atoms. The average Bonchev–Trinajstić information content (AvgIpc) is 3.57. The second-order valence-electron chi connectivity index (χ2n) is 9.33. The lowest BCUT2D eigenvalue weighted by Crippen LogP contribution is -2.37. The van der Waals surface area contributed by atoms with Crippen LogP contribution in [0.4, 0.5) is 5.69 Å². The zero-order valence-corrected chi connectivity index (χ0v) is 22.7. The summed E-state index contributed by atoms with van der Waals surface area (Å²) in [6, 6.07) is 18.5. The number of imidazole rings is 1. The van der Waals surface area contributed by atoms with Crippen LogP contribution in [0.5, 0.6) is 0 Å². The molecular weight excluding hydrogens is 498 g/mol. The highest BCUT2D eigenvalue weighted by atomic mass is 32.2. The molecule has 2 aromatic carbocycles. The Morgan fingerprint density at radius 1 is 1.14 bits per heavy atom. The minimum atomic E-state index is 0.164. The van der Waals surface area contributed by atoms with Crippen LogP contribution in [0.2, 0.25) is 0 Å². The van der Waals surface area contributed by atoms with Gasteiger partial charge in [-0.15, -0.1) is 11.3 Å². The van der Waals surface area contributed by atoms with Crippen LogP contribution in [-0.4, -0.2) is 51.5 Å². The van der Waals surface area contributed by atoms with Gasteiger partial charge in [0.15, 0.2) is 0 Å². The summed E-state index contributed by atoms with van der Waals surface area (Å²) in [4.78, 5) is 22.7. The predicted octanol–water partition coefficient (Wildman–Crippen LogP) is 6.01. The van der Waals surface area contributed by atoms with E-state index in [-0.39, 0.29) is 5.91 Å². The molecule has 1 amide bonds. The zero-order chi connectivity index (χ0) is 25.6. The van der Waals surface area contributed by atoms with Crippen LogP contribution >= 0.6 is 23.1 Å². The summed E-state index contributed by atoms with van der Waals surface area (Å²) in [6.45, 7) is 6.31. The molecule has 0 radical (unpaired) electrons. The summed E-state index contributed by atoms with van der Waals surface area (Å²) in [5.74, 6) is 2.21. The van der Waals surface area contributed by atoms with Gasteiger partial charge in [-0.3, -0.25) is 4.79 Å². The molecule has 1 aliphatic heterocycles. The lowest BCUT2D eigenvalue weighted by molar-refractivity contribution is 0.0777. The van der Waals surface area contributed by atoms with Crippen molar-refractivity contribution in [2.24, 2.45) is 0 Å². The second-order valence-corrected chi connectivity index (χ2v) is 11.6. The van der Waals surface area contributed by atoms with Crippen LogP contribution in [0.15, 0.2) is 61.1 Å². The zero-order valence-electron chi connectivity index (χ0n) is 21.1. The Labute approximate surface area is 226 Å². The van der Waals surface area contributed by atoms with Crippen molar-refractivity contribution in [3.8, 4) is 6.07 Å². The Morgan fingerprint density at radius 3 is 2.70 bits per heavy atom. The van der Waals surface area contributed by atoms with Gasteiger partial charge < -0.3 is 14.4 Å². The van der Waals surface area contributed by atoms with Gasteiger partial charge in [0, 0.05) is 54.3 Å². The third kappa shape index (κ3) is 6.00. The van der Waals surface area contributed by atoms with Gasteiger partial charge in [0.1, 0.15) is 0 Å². The summed E-state index contributed by atoms with van der Waals surface area (Å²) >= 11 is 3.52. The largest absolute Gasteiger partial charge is 0.366 e. The van der Waals surface area contributed by atoms with Gasteiger partial charge in [-0.1, -0.05) is 25.5 Å². The Bertz CT molecular complexity index is 1400. The number of nitriles is 1. The van der Waals surface area contributed by atoms with E-state index in [0.717, 1.165) is 76.7 Å². The van der Waals surface area contributed by atoms with Crippen molar-refractivity contribution < 1.29 is 4.79 Å². The number of unbranched alkanes of at least 4 members (excludes halogenated alkanes) is 1. The normalized spacial score (nSPS) is 13.6. The summed E-state index contributed by atoms with van der Waals surface area (Å²) in [6.07, 6.45) is 6.04. The minimum absolute atomic E-state index is 0.164. The van der Waals surface area contributed by atoms with E-state index >= 15 is 0 Å². The number of nitrogens with zero attached hydrogens (tertiary/aromatic N) is 5. The third-order valence-electron chi connectivity index (χ3n) is 6.74. The molecule has 1 fully saturated rings. The molecule has 0 aliphatic carbocycles. The van der Waals surface area contributed by atoms with E-state index in [1.165, 1.54) is 5.69 Å². The number of anilines is 1. The fourth-order valence-electron chi connectivity index (χ4n) is 4.60. The maximum absolute atomic E-state index is 13.1. The topological polar surface area (TPSA) is 65.2 Å². The van der Waals surface area contributed by atoms with Gasteiger partial charge in [-0.05, 0) is 53.8 Å². The molecule has 0 unspecified atom stereocenters. The van der Waals surface area contributed by atoms with Gasteiger partial charge in [-0.25, -0.2) is 4.98 Å². The lowest BCUT2D eigenvalue weighted by atomic mass is 10.1. The summed E-state index contributed by atoms with van der Waals surface area (Å²) in [7, 11) is 0. The molecule has 0 saturated carbocycles. The van der Waals surface area contributed by atoms with Gasteiger partial charge in [-0.2, -0.15) is 17.0 Å². The number of aromatic nitrogens is 2. The van der Waals surface area contributed by atoms with Gasteiger partial charge in [0.2, 0.25) is 0 Å². The molecule has 8 heteroatoms. The summed E-state index contributed by atoms with van der Waals surface area (Å²) < 4.78 is 3.33. The van der Waals surface area contributed by atoms with E-state index in [1.807, 2.05) is 53.5 Å². The third-order valence-corrected chi connectivity index (χ3v) is 8.79. The van der Waals surface area contributed by atoms with Crippen LogP contribution in [0.1, 0.15) is 46.3 Å². The molecule has 190 valence electrons. The highest BCUT2D eigenvalue weighted by Gasteiger charge is 2.21. The number of amides is 1. The molecule has 0 N–H and O–H groups in total. The van der Waals surface area contributed by atoms with E-state index < -0.39 is 0 Å². The Kier molecular flexibility index (Phi) is 8.12. The highest BCUT2D eigenvalue weighted by Crippen LogP contribution is 2.31. The molecule has 37 heavy (non-hydrogen) atoms. The molecule has 0 atom stereocenters. The first-order valence-electron chi connectivity index (χ1n) is 12.8. The van der Waals surface area contributed by atoms with Crippen molar-refractivity contribution in [2.45, 2.75) is 32.9 Å². The maximum Gasteiger partial charge on any atom is 0.264 e. The number of thioether (sulfide) groups is 1. The number of hydrogen-bond acceptors (Lipinski definition) is 6.